The summed E-state index contributed by atoms with van der Waals surface area (Å²) in [4.78, 5) is 16.2. The van der Waals surface area contributed by atoms with Crippen LogP contribution in [0.15, 0.2) is 223 Å². The van der Waals surface area contributed by atoms with Gasteiger partial charge in [-0.15, -0.1) is 22.7 Å². The Kier molecular flexibility index (Phi) is 8.63. The molecule has 0 bridgehead atoms. The third kappa shape index (κ3) is 6.05. The van der Waals surface area contributed by atoms with Gasteiger partial charge in [0.2, 0.25) is 0 Å². The highest BCUT2D eigenvalue weighted by molar-refractivity contribution is 7.26. The highest BCUT2D eigenvalue weighted by Gasteiger charge is 2.25. The standard InChI is InChI=1S/C63H36N4OS2/c1-3-15-37(16-4-1)48-33-41(34-49(38-17-5-2-6-18-38)60(48)67-50-23-11-7-21-46(50)58-51(67)31-32-53-59(58)47-22-8-12-24-52(47)68-53)63-65-61(39-27-29-44-42-19-9-13-25-54(42)69-56(44)35-39)64-62(66-63)40-28-30-45-43-20-10-14-26-55(43)70-57(45)36-40/h1-36H. The van der Waals surface area contributed by atoms with Crippen LogP contribution in [-0.2, 0) is 0 Å². The fourth-order valence-corrected chi connectivity index (χ4v) is 13.0. The van der Waals surface area contributed by atoms with Gasteiger partial charge in [0.25, 0.3) is 0 Å². The number of hydrogen-bond donors (Lipinski definition) is 0. The second kappa shape index (κ2) is 15.4. The first-order valence-corrected chi connectivity index (χ1v) is 25.0. The maximum Gasteiger partial charge on any atom is 0.164 e. The lowest BCUT2D eigenvalue weighted by Crippen LogP contribution is -2.04. The topological polar surface area (TPSA) is 56.7 Å². The molecule has 10 aromatic carbocycles. The van der Waals surface area contributed by atoms with Gasteiger partial charge in [-0.05, 0) is 71.8 Å². The zero-order valence-electron chi connectivity index (χ0n) is 37.3. The molecule has 0 spiro atoms. The van der Waals surface area contributed by atoms with Crippen LogP contribution in [0.4, 0.5) is 0 Å². The lowest BCUT2D eigenvalue weighted by Gasteiger charge is -2.21. The van der Waals surface area contributed by atoms with E-state index in [2.05, 4.69) is 217 Å². The van der Waals surface area contributed by atoms with Crippen molar-refractivity contribution >= 4 is 107 Å². The molecule has 5 aromatic heterocycles. The van der Waals surface area contributed by atoms with Crippen molar-refractivity contribution in [3.63, 3.8) is 0 Å². The molecule has 5 heterocycles. The molecular formula is C63H36N4OS2. The van der Waals surface area contributed by atoms with Crippen LogP contribution in [0.5, 0.6) is 0 Å². The van der Waals surface area contributed by atoms with Gasteiger partial charge in [-0.25, -0.2) is 15.0 Å². The number of hydrogen-bond acceptors (Lipinski definition) is 6. The van der Waals surface area contributed by atoms with Crippen LogP contribution in [0.3, 0.4) is 0 Å². The van der Waals surface area contributed by atoms with E-state index in [-0.39, 0.29) is 0 Å². The number of fused-ring (bicyclic) bond motifs is 13. The molecule has 0 amide bonds. The Balaban J connectivity index is 1.02. The molecule has 7 heteroatoms. The largest absolute Gasteiger partial charge is 0.456 e. The summed E-state index contributed by atoms with van der Waals surface area (Å²) in [6.07, 6.45) is 0. The van der Waals surface area contributed by atoms with Crippen molar-refractivity contribution in [2.75, 3.05) is 0 Å². The molecule has 15 rings (SSSR count). The Bertz CT molecular complexity index is 4410. The van der Waals surface area contributed by atoms with Crippen molar-refractivity contribution in [2.45, 2.75) is 0 Å². The first-order valence-electron chi connectivity index (χ1n) is 23.4. The summed E-state index contributed by atoms with van der Waals surface area (Å²) in [5.41, 5.74) is 12.1. The Morgan fingerprint density at radius 1 is 0.314 bits per heavy atom. The number of furan rings is 1. The van der Waals surface area contributed by atoms with Crippen molar-refractivity contribution in [3.05, 3.63) is 218 Å². The molecular weight excluding hydrogens is 893 g/mol. The molecule has 0 radical (unpaired) electrons. The SMILES string of the molecule is c1ccc(-c2cc(-c3nc(-c4ccc5c(c4)sc4ccccc45)nc(-c4ccc5c(c4)sc4ccccc45)n3)cc(-c3ccccc3)c2-n2c3ccccc3c3c4c(ccc32)oc2ccccc24)cc1. The van der Waals surface area contributed by atoms with Crippen LogP contribution < -0.4 is 0 Å². The molecule has 15 aromatic rings. The third-order valence-corrected chi connectivity index (χ3v) is 16.1. The van der Waals surface area contributed by atoms with E-state index in [1.54, 1.807) is 22.7 Å². The summed E-state index contributed by atoms with van der Waals surface area (Å²) in [5, 5.41) is 9.54. The van der Waals surface area contributed by atoms with E-state index < -0.39 is 0 Å². The summed E-state index contributed by atoms with van der Waals surface area (Å²) in [6, 6.07) is 78.0. The lowest BCUT2D eigenvalue weighted by atomic mass is 9.92. The molecule has 5 nitrogen and oxygen atoms in total. The van der Waals surface area contributed by atoms with Crippen LogP contribution in [0, 0.1) is 0 Å². The normalized spacial score (nSPS) is 12.0. The number of rotatable bonds is 6. The zero-order valence-corrected chi connectivity index (χ0v) is 38.9. The van der Waals surface area contributed by atoms with Crippen molar-refractivity contribution in [1.29, 1.82) is 0 Å². The van der Waals surface area contributed by atoms with Crippen LogP contribution in [0.2, 0.25) is 0 Å². The van der Waals surface area contributed by atoms with E-state index in [4.69, 9.17) is 19.4 Å². The molecule has 326 valence electrons. The average Bonchev–Trinajstić information content (AvgIpc) is 4.19. The van der Waals surface area contributed by atoms with Gasteiger partial charge in [0, 0.05) is 89.7 Å². The van der Waals surface area contributed by atoms with Crippen LogP contribution in [-0.4, -0.2) is 19.5 Å². The second-order valence-electron chi connectivity index (χ2n) is 17.9. The predicted molar refractivity (Wildman–Crippen MR) is 294 cm³/mol. The molecule has 0 aliphatic rings. The molecule has 0 saturated carbocycles. The lowest BCUT2D eigenvalue weighted by molar-refractivity contribution is 0.669. The second-order valence-corrected chi connectivity index (χ2v) is 20.0. The fourth-order valence-electron chi connectivity index (χ4n) is 10.7. The zero-order chi connectivity index (χ0) is 45.9. The number of nitrogens with zero attached hydrogens (tertiary/aromatic N) is 4. The minimum Gasteiger partial charge on any atom is -0.456 e. The van der Waals surface area contributed by atoms with Gasteiger partial charge in [0.15, 0.2) is 17.5 Å². The maximum atomic E-state index is 6.50. The van der Waals surface area contributed by atoms with Gasteiger partial charge in [0.05, 0.1) is 16.7 Å². The van der Waals surface area contributed by atoms with Crippen molar-refractivity contribution in [1.82, 2.24) is 19.5 Å². The Hall–Kier alpha value is -8.75. The summed E-state index contributed by atoms with van der Waals surface area (Å²) < 4.78 is 13.9. The number of benzene rings is 10. The summed E-state index contributed by atoms with van der Waals surface area (Å²) in [7, 11) is 0. The number of aromatic nitrogens is 4. The Morgan fingerprint density at radius 3 is 1.40 bits per heavy atom. The van der Waals surface area contributed by atoms with Gasteiger partial charge >= 0.3 is 0 Å². The van der Waals surface area contributed by atoms with Crippen LogP contribution in [0.25, 0.3) is 146 Å². The van der Waals surface area contributed by atoms with E-state index in [0.717, 1.165) is 88.4 Å². The Labute approximate surface area is 408 Å². The van der Waals surface area contributed by atoms with Gasteiger partial charge in [-0.1, -0.05) is 158 Å². The van der Waals surface area contributed by atoms with Crippen molar-refractivity contribution < 1.29 is 4.42 Å². The minimum atomic E-state index is 0.600. The summed E-state index contributed by atoms with van der Waals surface area (Å²) in [5.74, 6) is 1.85. The summed E-state index contributed by atoms with van der Waals surface area (Å²) in [6.45, 7) is 0. The maximum absolute atomic E-state index is 6.50. The first-order chi connectivity index (χ1) is 34.7. The number of para-hydroxylation sites is 2. The quantitative estimate of drug-likeness (QED) is 0.167. The molecule has 70 heavy (non-hydrogen) atoms. The smallest absolute Gasteiger partial charge is 0.164 e. The van der Waals surface area contributed by atoms with Gasteiger partial charge in [0.1, 0.15) is 11.2 Å². The van der Waals surface area contributed by atoms with Gasteiger partial charge in [-0.2, -0.15) is 0 Å². The van der Waals surface area contributed by atoms with Gasteiger partial charge < -0.3 is 8.98 Å². The molecule has 0 aliphatic heterocycles. The highest BCUT2D eigenvalue weighted by Crippen LogP contribution is 2.47. The average molecular weight is 929 g/mol. The van der Waals surface area contributed by atoms with E-state index in [1.807, 2.05) is 6.07 Å². The van der Waals surface area contributed by atoms with E-state index >= 15 is 0 Å². The van der Waals surface area contributed by atoms with E-state index in [1.165, 1.54) is 40.3 Å². The monoisotopic (exact) mass is 928 g/mol. The molecule has 0 N–H and O–H groups in total. The van der Waals surface area contributed by atoms with Crippen LogP contribution >= 0.6 is 22.7 Å². The van der Waals surface area contributed by atoms with Crippen LogP contribution in [0.1, 0.15) is 0 Å². The summed E-state index contributed by atoms with van der Waals surface area (Å²) >= 11 is 3.60. The third-order valence-electron chi connectivity index (χ3n) is 13.8. The first kappa shape index (κ1) is 39.3. The van der Waals surface area contributed by atoms with Crippen molar-refractivity contribution in [3.8, 4) is 62.1 Å². The Morgan fingerprint density at radius 2 is 0.800 bits per heavy atom. The van der Waals surface area contributed by atoms with E-state index in [9.17, 15) is 0 Å². The van der Waals surface area contributed by atoms with E-state index in [0.29, 0.717) is 17.5 Å². The predicted octanol–water partition coefficient (Wildman–Crippen LogP) is 17.9. The fraction of sp³-hybridized carbons (Fsp3) is 0. The number of thiophene rings is 2. The highest BCUT2D eigenvalue weighted by atomic mass is 32.1. The molecule has 0 saturated heterocycles. The minimum absolute atomic E-state index is 0.600. The van der Waals surface area contributed by atoms with Gasteiger partial charge in [-0.3, -0.25) is 0 Å². The molecule has 0 unspecified atom stereocenters. The molecule has 0 fully saturated rings. The molecule has 0 atom stereocenters. The van der Waals surface area contributed by atoms with Crippen molar-refractivity contribution in [2.24, 2.45) is 0 Å². The molecule has 0 aliphatic carbocycles.